The number of aliphatic carboxylic acids is 1. The first-order valence-electron chi connectivity index (χ1n) is 10.9. The highest BCUT2D eigenvalue weighted by molar-refractivity contribution is 5.95. The van der Waals surface area contributed by atoms with Gasteiger partial charge in [0.25, 0.3) is 0 Å². The fourth-order valence-electron chi connectivity index (χ4n) is 3.44. The van der Waals surface area contributed by atoms with E-state index in [-0.39, 0.29) is 19.0 Å². The molecule has 0 aliphatic carbocycles. The minimum absolute atomic E-state index is 0.0765. The molecule has 0 saturated heterocycles. The Morgan fingerprint density at radius 3 is 2.38 bits per heavy atom. The van der Waals surface area contributed by atoms with Crippen LogP contribution in [0.5, 0.6) is 5.75 Å². The Bertz CT molecular complexity index is 1010. The molecule has 3 N–H and O–H groups in total. The zero-order valence-electron chi connectivity index (χ0n) is 19.6. The van der Waals surface area contributed by atoms with Gasteiger partial charge in [-0.2, -0.15) is 0 Å². The van der Waals surface area contributed by atoms with Crippen LogP contribution in [0, 0.1) is 5.41 Å². The van der Waals surface area contributed by atoms with E-state index in [1.807, 2.05) is 13.8 Å². The van der Waals surface area contributed by atoms with E-state index in [2.05, 4.69) is 5.32 Å². The van der Waals surface area contributed by atoms with E-state index in [9.17, 15) is 19.5 Å². The van der Waals surface area contributed by atoms with Gasteiger partial charge in [-0.05, 0) is 50.1 Å². The highest BCUT2D eigenvalue weighted by Gasteiger charge is 2.35. The predicted octanol–water partition coefficient (Wildman–Crippen LogP) is 5.00. The molecule has 34 heavy (non-hydrogen) atoms. The molecule has 2 rings (SSSR count). The number of carbonyl (C=O) groups is 3. The maximum absolute atomic E-state index is 12.8. The highest BCUT2D eigenvalue weighted by Crippen LogP contribution is 2.44. The number of ether oxygens (including phenoxy) is 2. The molecule has 2 aromatic rings. The molecule has 0 heterocycles. The first-order chi connectivity index (χ1) is 16.1. The molecule has 2 aromatic carbocycles. The number of Topliss-reactive ketones (excluding diaryl/α,β-unsaturated/α-hetero) is 1. The number of aliphatic hydroxyl groups excluding tert-OH is 1. The molecule has 1 amide bonds. The Labute approximate surface area is 199 Å². The number of benzene rings is 2. The summed E-state index contributed by atoms with van der Waals surface area (Å²) in [5.41, 5.74) is 1.03. The predicted molar refractivity (Wildman–Crippen MR) is 128 cm³/mol. The van der Waals surface area contributed by atoms with Crippen molar-refractivity contribution in [1.82, 2.24) is 0 Å². The summed E-state index contributed by atoms with van der Waals surface area (Å²) in [7, 11) is 0. The Kier molecular flexibility index (Phi) is 9.82. The van der Waals surface area contributed by atoms with Gasteiger partial charge in [-0.15, -0.1) is 0 Å². The van der Waals surface area contributed by atoms with Gasteiger partial charge in [0, 0.05) is 28.3 Å². The molecule has 0 spiro atoms. The van der Waals surface area contributed by atoms with E-state index in [1.165, 1.54) is 6.92 Å². The number of hydrogen-bond acceptors (Lipinski definition) is 6. The number of ketones is 1. The Morgan fingerprint density at radius 2 is 1.76 bits per heavy atom. The molecule has 0 bridgehead atoms. The lowest BCUT2D eigenvalue weighted by molar-refractivity contribution is -0.131. The minimum atomic E-state index is -1.02. The fraction of sp³-hybridized carbons (Fsp3) is 0.346. The van der Waals surface area contributed by atoms with Crippen molar-refractivity contribution in [3.63, 3.8) is 0 Å². The molecule has 0 aliphatic heterocycles. The molecule has 0 aromatic heterocycles. The van der Waals surface area contributed by atoms with Gasteiger partial charge in [0.05, 0.1) is 6.61 Å². The molecule has 1 atom stereocenters. The summed E-state index contributed by atoms with van der Waals surface area (Å²) < 4.78 is 11.6. The average Bonchev–Trinajstić information content (AvgIpc) is 2.79. The number of aliphatic hydroxyl groups is 1. The zero-order valence-corrected chi connectivity index (χ0v) is 19.6. The highest BCUT2D eigenvalue weighted by atomic mass is 16.6. The number of para-hydroxylation sites is 1. The summed E-state index contributed by atoms with van der Waals surface area (Å²) in [5.74, 6) is -0.620. The number of allylic oxidation sites excluding steroid dienone is 1. The van der Waals surface area contributed by atoms with Gasteiger partial charge in [0.2, 0.25) is 0 Å². The summed E-state index contributed by atoms with van der Waals surface area (Å²) in [6.07, 6.45) is 2.21. The number of nitrogens with one attached hydrogen (secondary N) is 1. The minimum Gasteiger partial charge on any atom is -0.491 e. The smallest absolute Gasteiger partial charge is 0.412 e. The number of hydrogen-bond donors (Lipinski definition) is 3. The second-order valence-corrected chi connectivity index (χ2v) is 8.42. The van der Waals surface area contributed by atoms with Crippen LogP contribution < -0.4 is 10.1 Å². The molecule has 0 fully saturated rings. The van der Waals surface area contributed by atoms with Gasteiger partial charge in [0.15, 0.2) is 5.78 Å². The van der Waals surface area contributed by atoms with Crippen LogP contribution in [-0.2, 0) is 9.53 Å². The van der Waals surface area contributed by atoms with Crippen molar-refractivity contribution in [1.29, 1.82) is 0 Å². The number of carboxylic acid groups (broad SMARTS) is 1. The number of carbonyl (C=O) groups excluding carboxylic acids is 2. The number of amides is 1. The SMILES string of the molecule is CC(=O)c1ccc(NC(=O)O[C@H](c2ccccc2OCCO)C(C)(C)CC/C=C/C(=O)O)cc1. The van der Waals surface area contributed by atoms with Gasteiger partial charge in [0.1, 0.15) is 18.5 Å². The van der Waals surface area contributed by atoms with E-state index >= 15 is 0 Å². The van der Waals surface area contributed by atoms with Crippen LogP contribution in [0.2, 0.25) is 0 Å². The largest absolute Gasteiger partial charge is 0.491 e. The topological polar surface area (TPSA) is 122 Å². The van der Waals surface area contributed by atoms with Crippen LogP contribution >= 0.6 is 0 Å². The van der Waals surface area contributed by atoms with Crippen molar-refractivity contribution in [2.24, 2.45) is 5.41 Å². The zero-order chi connectivity index (χ0) is 25.1. The first kappa shape index (κ1) is 26.6. The molecule has 0 radical (unpaired) electrons. The van der Waals surface area contributed by atoms with Crippen LogP contribution in [0.3, 0.4) is 0 Å². The van der Waals surface area contributed by atoms with E-state index in [0.29, 0.717) is 35.4 Å². The van der Waals surface area contributed by atoms with Crippen molar-refractivity contribution in [3.05, 3.63) is 71.8 Å². The van der Waals surface area contributed by atoms with Crippen LogP contribution in [0.15, 0.2) is 60.7 Å². The third-order valence-electron chi connectivity index (χ3n) is 5.24. The fourth-order valence-corrected chi connectivity index (χ4v) is 3.44. The van der Waals surface area contributed by atoms with E-state index in [0.717, 1.165) is 6.08 Å². The lowest BCUT2D eigenvalue weighted by Gasteiger charge is -2.35. The molecule has 8 nitrogen and oxygen atoms in total. The number of rotatable bonds is 12. The van der Waals surface area contributed by atoms with Crippen LogP contribution in [-0.4, -0.2) is 41.3 Å². The first-order valence-corrected chi connectivity index (χ1v) is 10.9. The monoisotopic (exact) mass is 469 g/mol. The van der Waals surface area contributed by atoms with Crippen LogP contribution in [0.4, 0.5) is 10.5 Å². The van der Waals surface area contributed by atoms with Crippen LogP contribution in [0.1, 0.15) is 55.6 Å². The molecular formula is C26H31NO7. The summed E-state index contributed by atoms with van der Waals surface area (Å²) in [4.78, 5) is 35.1. The second kappa shape index (κ2) is 12.6. The number of carboxylic acids is 1. The van der Waals surface area contributed by atoms with Crippen molar-refractivity contribution >= 4 is 23.5 Å². The summed E-state index contributed by atoms with van der Waals surface area (Å²) in [6.45, 7) is 5.22. The molecule has 8 heteroatoms. The summed E-state index contributed by atoms with van der Waals surface area (Å²) >= 11 is 0. The van der Waals surface area contributed by atoms with Gasteiger partial charge in [-0.3, -0.25) is 10.1 Å². The lowest BCUT2D eigenvalue weighted by Crippen LogP contribution is -2.29. The second-order valence-electron chi connectivity index (χ2n) is 8.42. The summed E-state index contributed by atoms with van der Waals surface area (Å²) in [6, 6.07) is 13.6. The van der Waals surface area contributed by atoms with Gasteiger partial charge in [-0.1, -0.05) is 38.1 Å². The quantitative estimate of drug-likeness (QED) is 0.295. The Morgan fingerprint density at radius 1 is 1.09 bits per heavy atom. The van der Waals surface area contributed by atoms with Crippen molar-refractivity contribution < 1.29 is 34.1 Å². The van der Waals surface area contributed by atoms with Gasteiger partial charge >= 0.3 is 12.1 Å². The maximum atomic E-state index is 12.8. The molecule has 0 unspecified atom stereocenters. The molecule has 0 aliphatic rings. The molecule has 182 valence electrons. The van der Waals surface area contributed by atoms with E-state index in [4.69, 9.17) is 14.6 Å². The van der Waals surface area contributed by atoms with Gasteiger partial charge in [-0.25, -0.2) is 9.59 Å². The third-order valence-corrected chi connectivity index (χ3v) is 5.24. The van der Waals surface area contributed by atoms with E-state index < -0.39 is 23.6 Å². The Hall–Kier alpha value is -3.65. The van der Waals surface area contributed by atoms with E-state index in [1.54, 1.807) is 54.6 Å². The normalized spacial score (nSPS) is 12.2. The van der Waals surface area contributed by atoms with Crippen molar-refractivity contribution in [2.45, 2.75) is 39.7 Å². The third kappa shape index (κ3) is 8.04. The average molecular weight is 470 g/mol. The standard InChI is InChI=1S/C26H31NO7/c1-18(29)19-11-13-20(14-12-19)27-25(32)34-24(26(2,3)15-7-6-10-23(30)31)21-8-4-5-9-22(21)33-17-16-28/h4-6,8-14,24,28H,7,15-17H2,1-3H3,(H,27,32)(H,30,31)/b10-6+/t24-/m1/s1. The van der Waals surface area contributed by atoms with Crippen molar-refractivity contribution in [2.75, 3.05) is 18.5 Å². The Balaban J connectivity index is 2.28. The van der Waals surface area contributed by atoms with Crippen molar-refractivity contribution in [3.8, 4) is 5.75 Å². The maximum Gasteiger partial charge on any atom is 0.412 e. The number of anilines is 1. The summed E-state index contributed by atoms with van der Waals surface area (Å²) in [5, 5.41) is 20.7. The molecular weight excluding hydrogens is 438 g/mol. The van der Waals surface area contributed by atoms with Crippen LogP contribution in [0.25, 0.3) is 0 Å². The lowest BCUT2D eigenvalue weighted by atomic mass is 9.78. The van der Waals surface area contributed by atoms with Gasteiger partial charge < -0.3 is 19.7 Å². The molecule has 0 saturated carbocycles.